The van der Waals surface area contributed by atoms with E-state index in [1.165, 1.54) is 4.90 Å². The lowest BCUT2D eigenvalue weighted by Gasteiger charge is -2.27. The second kappa shape index (κ2) is 5.42. The van der Waals surface area contributed by atoms with Gasteiger partial charge in [-0.25, -0.2) is 9.97 Å². The van der Waals surface area contributed by atoms with Crippen molar-refractivity contribution >= 4 is 23.7 Å². The molecule has 0 radical (unpaired) electrons. The van der Waals surface area contributed by atoms with Crippen LogP contribution >= 0.6 is 0 Å². The Kier molecular flexibility index (Phi) is 3.69. The first-order valence-electron chi connectivity index (χ1n) is 5.65. The van der Waals surface area contributed by atoms with Crippen molar-refractivity contribution in [3.05, 3.63) is 18.5 Å². The SMILES string of the molecule is CN(CC(=O)N1CC(=O)NC(=O)C1)c1ncccn1. The van der Waals surface area contributed by atoms with Gasteiger partial charge in [-0.05, 0) is 6.07 Å². The van der Waals surface area contributed by atoms with E-state index in [4.69, 9.17) is 0 Å². The Morgan fingerprint density at radius 2 is 1.89 bits per heavy atom. The molecule has 0 aromatic carbocycles. The van der Waals surface area contributed by atoms with Crippen LogP contribution in [-0.2, 0) is 14.4 Å². The highest BCUT2D eigenvalue weighted by atomic mass is 16.2. The number of nitrogens with zero attached hydrogens (tertiary/aromatic N) is 4. The Morgan fingerprint density at radius 1 is 1.32 bits per heavy atom. The number of amides is 3. The molecule has 1 aromatic rings. The minimum atomic E-state index is -0.469. The lowest BCUT2D eigenvalue weighted by atomic mass is 10.3. The molecule has 8 nitrogen and oxygen atoms in total. The van der Waals surface area contributed by atoms with Crippen molar-refractivity contribution in [3.8, 4) is 0 Å². The number of nitrogens with one attached hydrogen (secondary N) is 1. The third kappa shape index (κ3) is 3.24. The zero-order chi connectivity index (χ0) is 13.8. The van der Waals surface area contributed by atoms with Crippen LogP contribution in [0.25, 0.3) is 0 Å². The fourth-order valence-electron chi connectivity index (χ4n) is 1.68. The fraction of sp³-hybridized carbons (Fsp3) is 0.364. The van der Waals surface area contributed by atoms with Gasteiger partial charge in [0.25, 0.3) is 0 Å². The first-order chi connectivity index (χ1) is 9.06. The van der Waals surface area contributed by atoms with Gasteiger partial charge in [0.1, 0.15) is 13.1 Å². The molecule has 1 saturated heterocycles. The van der Waals surface area contributed by atoms with Crippen LogP contribution in [0.1, 0.15) is 0 Å². The van der Waals surface area contributed by atoms with Crippen molar-refractivity contribution in [2.45, 2.75) is 0 Å². The molecule has 0 saturated carbocycles. The third-order valence-electron chi connectivity index (χ3n) is 2.57. The fourth-order valence-corrected chi connectivity index (χ4v) is 1.68. The topological polar surface area (TPSA) is 95.5 Å². The molecule has 0 aliphatic carbocycles. The van der Waals surface area contributed by atoms with E-state index in [1.807, 2.05) is 0 Å². The van der Waals surface area contributed by atoms with Gasteiger partial charge < -0.3 is 9.80 Å². The quantitative estimate of drug-likeness (QED) is 0.660. The summed E-state index contributed by atoms with van der Waals surface area (Å²) < 4.78 is 0. The monoisotopic (exact) mass is 263 g/mol. The van der Waals surface area contributed by atoms with Gasteiger partial charge >= 0.3 is 0 Å². The zero-order valence-corrected chi connectivity index (χ0v) is 10.4. The number of likely N-dealkylation sites (N-methyl/N-ethyl adjacent to an activating group) is 1. The Morgan fingerprint density at radius 3 is 2.47 bits per heavy atom. The maximum Gasteiger partial charge on any atom is 0.246 e. The maximum absolute atomic E-state index is 12.0. The summed E-state index contributed by atoms with van der Waals surface area (Å²) in [6.45, 7) is -0.202. The second-order valence-electron chi connectivity index (χ2n) is 4.13. The molecule has 0 atom stereocenters. The summed E-state index contributed by atoms with van der Waals surface area (Å²) in [5.74, 6) is -0.854. The molecular formula is C11H13N5O3. The molecule has 0 spiro atoms. The lowest BCUT2D eigenvalue weighted by Crippen LogP contribution is -2.55. The highest BCUT2D eigenvalue weighted by Crippen LogP contribution is 2.03. The summed E-state index contributed by atoms with van der Waals surface area (Å²) in [4.78, 5) is 45.1. The molecule has 19 heavy (non-hydrogen) atoms. The van der Waals surface area contributed by atoms with Crippen molar-refractivity contribution in [1.82, 2.24) is 20.2 Å². The van der Waals surface area contributed by atoms with E-state index in [0.717, 1.165) is 0 Å². The van der Waals surface area contributed by atoms with Gasteiger partial charge in [-0.15, -0.1) is 0 Å². The molecule has 2 heterocycles. The number of rotatable bonds is 3. The van der Waals surface area contributed by atoms with Crippen LogP contribution in [0.2, 0.25) is 0 Å². The van der Waals surface area contributed by atoms with Gasteiger partial charge in [0, 0.05) is 19.4 Å². The molecule has 3 amide bonds. The summed E-state index contributed by atoms with van der Waals surface area (Å²) in [6, 6.07) is 1.67. The largest absolute Gasteiger partial charge is 0.335 e. The molecule has 2 rings (SSSR count). The highest BCUT2D eigenvalue weighted by Gasteiger charge is 2.27. The van der Waals surface area contributed by atoms with Gasteiger partial charge in [0.2, 0.25) is 23.7 Å². The summed E-state index contributed by atoms with van der Waals surface area (Å²) >= 11 is 0. The number of imide groups is 1. The van der Waals surface area contributed by atoms with E-state index in [0.29, 0.717) is 5.95 Å². The molecule has 0 unspecified atom stereocenters. The van der Waals surface area contributed by atoms with Crippen molar-refractivity contribution in [1.29, 1.82) is 0 Å². The molecule has 1 aliphatic heterocycles. The minimum Gasteiger partial charge on any atom is -0.335 e. The first-order valence-corrected chi connectivity index (χ1v) is 5.65. The maximum atomic E-state index is 12.0. The van der Waals surface area contributed by atoms with E-state index in [2.05, 4.69) is 15.3 Å². The first kappa shape index (κ1) is 12.9. The van der Waals surface area contributed by atoms with Gasteiger partial charge in [0.15, 0.2) is 0 Å². The molecule has 1 N–H and O–H groups in total. The van der Waals surface area contributed by atoms with Gasteiger partial charge in [0.05, 0.1) is 6.54 Å². The van der Waals surface area contributed by atoms with E-state index in [1.54, 1.807) is 30.4 Å². The number of aromatic nitrogens is 2. The Hall–Kier alpha value is -2.51. The molecule has 1 aliphatic rings. The molecule has 8 heteroatoms. The van der Waals surface area contributed by atoms with E-state index in [-0.39, 0.29) is 25.5 Å². The smallest absolute Gasteiger partial charge is 0.246 e. The molecule has 100 valence electrons. The van der Waals surface area contributed by atoms with Crippen LogP contribution in [0.4, 0.5) is 5.95 Å². The minimum absolute atomic E-state index is 0.00454. The van der Waals surface area contributed by atoms with Gasteiger partial charge in [-0.2, -0.15) is 0 Å². The summed E-state index contributed by atoms with van der Waals surface area (Å²) in [5.41, 5.74) is 0. The Bertz CT molecular complexity index is 488. The summed E-state index contributed by atoms with van der Waals surface area (Å²) in [5, 5.41) is 2.14. The molecular weight excluding hydrogens is 250 g/mol. The number of carbonyl (C=O) groups is 3. The van der Waals surface area contributed by atoms with Crippen molar-refractivity contribution in [2.75, 3.05) is 31.6 Å². The lowest BCUT2D eigenvalue weighted by molar-refractivity contribution is -0.144. The van der Waals surface area contributed by atoms with Crippen molar-refractivity contribution in [3.63, 3.8) is 0 Å². The number of anilines is 1. The normalized spacial score (nSPS) is 15.1. The predicted octanol–water partition coefficient (Wildman–Crippen LogP) is -1.60. The van der Waals surface area contributed by atoms with Crippen LogP contribution in [0.3, 0.4) is 0 Å². The average Bonchev–Trinajstić information content (AvgIpc) is 2.38. The van der Waals surface area contributed by atoms with Crippen LogP contribution in [0.15, 0.2) is 18.5 Å². The highest BCUT2D eigenvalue weighted by molar-refractivity contribution is 6.02. The van der Waals surface area contributed by atoms with E-state index < -0.39 is 11.8 Å². The number of carbonyl (C=O) groups excluding carboxylic acids is 3. The Balaban J connectivity index is 1.97. The van der Waals surface area contributed by atoms with Gasteiger partial charge in [-0.3, -0.25) is 19.7 Å². The molecule has 0 bridgehead atoms. The average molecular weight is 263 g/mol. The van der Waals surface area contributed by atoms with Gasteiger partial charge in [-0.1, -0.05) is 0 Å². The molecule has 1 aromatic heterocycles. The van der Waals surface area contributed by atoms with E-state index in [9.17, 15) is 14.4 Å². The molecule has 1 fully saturated rings. The van der Waals surface area contributed by atoms with Crippen LogP contribution in [0, 0.1) is 0 Å². The third-order valence-corrected chi connectivity index (χ3v) is 2.57. The summed E-state index contributed by atoms with van der Waals surface area (Å²) in [6.07, 6.45) is 3.14. The van der Waals surface area contributed by atoms with Crippen LogP contribution in [0.5, 0.6) is 0 Å². The van der Waals surface area contributed by atoms with E-state index >= 15 is 0 Å². The number of hydrogen-bond acceptors (Lipinski definition) is 6. The number of hydrogen-bond donors (Lipinski definition) is 1. The number of piperazine rings is 1. The zero-order valence-electron chi connectivity index (χ0n) is 10.4. The van der Waals surface area contributed by atoms with Crippen LogP contribution < -0.4 is 10.2 Å². The van der Waals surface area contributed by atoms with Crippen molar-refractivity contribution in [2.24, 2.45) is 0 Å². The summed E-state index contributed by atoms with van der Waals surface area (Å²) in [7, 11) is 1.67. The van der Waals surface area contributed by atoms with Crippen LogP contribution in [-0.4, -0.2) is 59.3 Å². The Labute approximate surface area is 109 Å². The predicted molar refractivity (Wildman–Crippen MR) is 65.0 cm³/mol. The standard InChI is InChI=1S/C11H13N5O3/c1-15(11-12-3-2-4-13-11)7-10(19)16-5-8(17)14-9(18)6-16/h2-4H,5-7H2,1H3,(H,14,17,18). The second-order valence-corrected chi connectivity index (χ2v) is 4.13. The van der Waals surface area contributed by atoms with Crippen molar-refractivity contribution < 1.29 is 14.4 Å².